The molecule has 7 heteroatoms. The maximum absolute atomic E-state index is 12.3. The summed E-state index contributed by atoms with van der Waals surface area (Å²) < 4.78 is 11.2. The number of morpholine rings is 1. The Hall–Kier alpha value is -2.93. The topological polar surface area (TPSA) is 63.7 Å². The van der Waals surface area contributed by atoms with Crippen LogP contribution in [0.1, 0.15) is 16.8 Å². The fourth-order valence-electron chi connectivity index (χ4n) is 3.88. The molecular formula is C27H30ClN3O3. The quantitative estimate of drug-likeness (QED) is 0.496. The van der Waals surface area contributed by atoms with Crippen LogP contribution >= 0.6 is 11.6 Å². The van der Waals surface area contributed by atoms with Crippen molar-refractivity contribution in [1.82, 2.24) is 15.2 Å². The van der Waals surface area contributed by atoms with Crippen LogP contribution in [0.2, 0.25) is 5.02 Å². The number of carbonyl (C=O) groups is 1. The van der Waals surface area contributed by atoms with Gasteiger partial charge in [0.15, 0.2) is 0 Å². The van der Waals surface area contributed by atoms with Crippen LogP contribution < -0.4 is 10.1 Å². The molecule has 1 aromatic heterocycles. The van der Waals surface area contributed by atoms with Gasteiger partial charge in [0.2, 0.25) is 5.91 Å². The van der Waals surface area contributed by atoms with Gasteiger partial charge in [0.05, 0.1) is 24.7 Å². The van der Waals surface area contributed by atoms with Gasteiger partial charge in [-0.1, -0.05) is 47.5 Å². The van der Waals surface area contributed by atoms with Crippen molar-refractivity contribution in [3.8, 4) is 16.9 Å². The van der Waals surface area contributed by atoms with Crippen LogP contribution in [0, 0.1) is 6.92 Å². The number of nitrogens with zero attached hydrogens (tertiary/aromatic N) is 2. The Morgan fingerprint density at radius 3 is 2.74 bits per heavy atom. The van der Waals surface area contributed by atoms with Crippen molar-refractivity contribution in [3.05, 3.63) is 82.6 Å². The van der Waals surface area contributed by atoms with Crippen LogP contribution in [-0.4, -0.2) is 55.2 Å². The molecule has 2 heterocycles. The van der Waals surface area contributed by atoms with Crippen LogP contribution in [0.3, 0.4) is 0 Å². The van der Waals surface area contributed by atoms with Crippen molar-refractivity contribution in [2.24, 2.45) is 0 Å². The highest BCUT2D eigenvalue weighted by Gasteiger charge is 2.11. The third kappa shape index (κ3) is 7.03. The van der Waals surface area contributed by atoms with Crippen LogP contribution in [0.4, 0.5) is 0 Å². The van der Waals surface area contributed by atoms with E-state index < -0.39 is 0 Å². The number of aryl methyl sites for hydroxylation is 1. The van der Waals surface area contributed by atoms with Crippen molar-refractivity contribution in [3.63, 3.8) is 0 Å². The number of nitrogens with one attached hydrogen (secondary N) is 1. The molecule has 1 aliphatic rings. The number of hydrogen-bond donors (Lipinski definition) is 1. The van der Waals surface area contributed by atoms with Gasteiger partial charge in [-0.3, -0.25) is 14.7 Å². The highest BCUT2D eigenvalue weighted by molar-refractivity contribution is 6.33. The normalized spacial score (nSPS) is 14.1. The van der Waals surface area contributed by atoms with Gasteiger partial charge in [0.1, 0.15) is 12.4 Å². The van der Waals surface area contributed by atoms with Crippen LogP contribution in [0.25, 0.3) is 11.1 Å². The summed E-state index contributed by atoms with van der Waals surface area (Å²) in [6, 6.07) is 17.6. The summed E-state index contributed by atoms with van der Waals surface area (Å²) in [5, 5.41) is 3.56. The van der Waals surface area contributed by atoms with Crippen molar-refractivity contribution < 1.29 is 14.3 Å². The second-order valence-corrected chi connectivity index (χ2v) is 8.83. The molecule has 1 fully saturated rings. The second-order valence-electron chi connectivity index (χ2n) is 8.42. The van der Waals surface area contributed by atoms with Crippen molar-refractivity contribution in [2.45, 2.75) is 19.9 Å². The maximum Gasteiger partial charge on any atom is 0.226 e. The zero-order valence-electron chi connectivity index (χ0n) is 19.4. The fraction of sp³-hybridized carbons (Fsp3) is 0.333. The van der Waals surface area contributed by atoms with Crippen LogP contribution in [0.15, 0.2) is 60.8 Å². The minimum atomic E-state index is -0.0571. The van der Waals surface area contributed by atoms with Crippen molar-refractivity contribution in [1.29, 1.82) is 0 Å². The summed E-state index contributed by atoms with van der Waals surface area (Å²) in [6.45, 7) is 7.48. The number of rotatable bonds is 9. The highest BCUT2D eigenvalue weighted by Crippen LogP contribution is 2.31. The lowest BCUT2D eigenvalue weighted by Gasteiger charge is -2.26. The molecule has 0 saturated carbocycles. The van der Waals surface area contributed by atoms with E-state index in [1.807, 2.05) is 55.5 Å². The average Bonchev–Trinajstić information content (AvgIpc) is 2.84. The van der Waals surface area contributed by atoms with E-state index in [2.05, 4.69) is 21.3 Å². The maximum atomic E-state index is 12.3. The molecule has 0 spiro atoms. The molecular weight excluding hydrogens is 450 g/mol. The number of halogens is 1. The molecule has 1 aliphatic heterocycles. The molecule has 0 radical (unpaired) electrons. The zero-order chi connectivity index (χ0) is 23.8. The Bertz CT molecular complexity index is 1100. The SMILES string of the molecule is Cc1cccc(CNC(=O)Cc2ccc(-c3ccc(OCCN4CCOCC4)cc3Cl)cn2)c1. The standard InChI is InChI=1S/C27H30ClN3O3/c1-20-3-2-4-21(15-20)18-30-27(32)16-23-6-5-22(19-29-23)25-8-7-24(17-26(25)28)34-14-11-31-9-12-33-13-10-31/h2-8,15,17,19H,9-14,16,18H2,1H3,(H,30,32). The van der Waals surface area contributed by atoms with E-state index in [1.165, 1.54) is 5.56 Å². The Kier molecular flexibility index (Phi) is 8.52. The number of hydrogen-bond acceptors (Lipinski definition) is 5. The second kappa shape index (κ2) is 12.0. The van der Waals surface area contributed by atoms with Crippen LogP contribution in [-0.2, 0) is 22.5 Å². The van der Waals surface area contributed by atoms with E-state index in [1.54, 1.807) is 6.20 Å². The third-order valence-corrected chi connectivity index (χ3v) is 6.08. The Morgan fingerprint density at radius 1 is 1.15 bits per heavy atom. The molecule has 3 aromatic rings. The summed E-state index contributed by atoms with van der Waals surface area (Å²) in [7, 11) is 0. The number of pyridine rings is 1. The first-order valence-corrected chi connectivity index (χ1v) is 11.9. The third-order valence-electron chi connectivity index (χ3n) is 5.77. The molecule has 0 unspecified atom stereocenters. The lowest BCUT2D eigenvalue weighted by atomic mass is 10.1. The number of aromatic nitrogens is 1. The molecule has 6 nitrogen and oxygen atoms in total. The zero-order valence-corrected chi connectivity index (χ0v) is 20.2. The predicted octanol–water partition coefficient (Wildman–Crippen LogP) is 4.28. The van der Waals surface area contributed by atoms with Crippen molar-refractivity contribution in [2.75, 3.05) is 39.5 Å². The minimum absolute atomic E-state index is 0.0571. The lowest BCUT2D eigenvalue weighted by Crippen LogP contribution is -2.38. The van der Waals surface area contributed by atoms with E-state index in [-0.39, 0.29) is 12.3 Å². The first-order valence-electron chi connectivity index (χ1n) is 11.6. The monoisotopic (exact) mass is 479 g/mol. The first-order chi connectivity index (χ1) is 16.6. The summed E-state index contributed by atoms with van der Waals surface area (Å²) in [6.07, 6.45) is 1.99. The molecule has 1 N–H and O–H groups in total. The Balaban J connectivity index is 1.28. The van der Waals surface area contributed by atoms with E-state index in [0.29, 0.717) is 23.9 Å². The number of benzene rings is 2. The molecule has 1 amide bonds. The lowest BCUT2D eigenvalue weighted by molar-refractivity contribution is -0.120. The molecule has 1 saturated heterocycles. The fourth-order valence-corrected chi connectivity index (χ4v) is 4.15. The first kappa shape index (κ1) is 24.2. The smallest absolute Gasteiger partial charge is 0.226 e. The number of amides is 1. The summed E-state index contributed by atoms with van der Waals surface area (Å²) >= 11 is 6.53. The van der Waals surface area contributed by atoms with Gasteiger partial charge in [-0.15, -0.1) is 0 Å². The summed E-state index contributed by atoms with van der Waals surface area (Å²) in [4.78, 5) is 19.1. The van der Waals surface area contributed by atoms with Crippen molar-refractivity contribution >= 4 is 17.5 Å². The molecule has 178 valence electrons. The summed E-state index contributed by atoms with van der Waals surface area (Å²) in [5.41, 5.74) is 4.75. The molecule has 2 aromatic carbocycles. The van der Waals surface area contributed by atoms with Gasteiger partial charge in [-0.2, -0.15) is 0 Å². The van der Waals surface area contributed by atoms with E-state index in [4.69, 9.17) is 21.1 Å². The predicted molar refractivity (Wildman–Crippen MR) is 134 cm³/mol. The van der Waals surface area contributed by atoms with E-state index in [9.17, 15) is 4.79 Å². The molecule has 0 bridgehead atoms. The van der Waals surface area contributed by atoms with Gasteiger partial charge in [0.25, 0.3) is 0 Å². The molecule has 0 aliphatic carbocycles. The van der Waals surface area contributed by atoms with Gasteiger partial charge in [-0.05, 0) is 36.8 Å². The van der Waals surface area contributed by atoms with E-state index in [0.717, 1.165) is 55.3 Å². The number of carbonyl (C=O) groups excluding carboxylic acids is 1. The summed E-state index contributed by atoms with van der Waals surface area (Å²) in [5.74, 6) is 0.690. The molecule has 4 rings (SSSR count). The van der Waals surface area contributed by atoms with Gasteiger partial charge >= 0.3 is 0 Å². The number of ether oxygens (including phenoxy) is 2. The average molecular weight is 480 g/mol. The van der Waals surface area contributed by atoms with Crippen LogP contribution in [0.5, 0.6) is 5.75 Å². The molecule has 0 atom stereocenters. The van der Waals surface area contributed by atoms with Gasteiger partial charge in [0, 0.05) is 49.2 Å². The Morgan fingerprint density at radius 2 is 2.00 bits per heavy atom. The highest BCUT2D eigenvalue weighted by atomic mass is 35.5. The van der Waals surface area contributed by atoms with Gasteiger partial charge in [-0.25, -0.2) is 0 Å². The van der Waals surface area contributed by atoms with E-state index >= 15 is 0 Å². The molecule has 34 heavy (non-hydrogen) atoms. The largest absolute Gasteiger partial charge is 0.492 e. The Labute approximate surface area is 205 Å². The minimum Gasteiger partial charge on any atom is -0.492 e. The van der Waals surface area contributed by atoms with Gasteiger partial charge < -0.3 is 14.8 Å².